The van der Waals surface area contributed by atoms with Gasteiger partial charge in [0.1, 0.15) is 30.4 Å². The van der Waals surface area contributed by atoms with Crippen LogP contribution in [0.2, 0.25) is 0 Å². The molecule has 5 rings (SSSR count). The highest BCUT2D eigenvalue weighted by molar-refractivity contribution is 5.94. The molecule has 15 nitrogen and oxygen atoms in total. The molecule has 0 radical (unpaired) electrons. The van der Waals surface area contributed by atoms with Gasteiger partial charge in [-0.1, -0.05) is 12.1 Å². The second-order valence-corrected chi connectivity index (χ2v) is 13.3. The van der Waals surface area contributed by atoms with Crippen molar-refractivity contribution in [1.82, 2.24) is 35.5 Å². The van der Waals surface area contributed by atoms with Crippen molar-refractivity contribution in [3.63, 3.8) is 0 Å². The number of nitrogens with zero attached hydrogens (tertiary/aromatic N) is 4. The van der Waals surface area contributed by atoms with Crippen LogP contribution in [0.4, 0.5) is 0 Å². The number of piperidine rings is 1. The van der Waals surface area contributed by atoms with Crippen LogP contribution in [0, 0.1) is 19.3 Å². The number of ether oxygens (including phenoxy) is 1. The van der Waals surface area contributed by atoms with Gasteiger partial charge in [0, 0.05) is 32.2 Å². The highest BCUT2D eigenvalue weighted by Crippen LogP contribution is 2.36. The lowest BCUT2D eigenvalue weighted by molar-refractivity contribution is -0.142. The Morgan fingerprint density at radius 3 is 2.53 bits per heavy atom. The van der Waals surface area contributed by atoms with Gasteiger partial charge in [0.2, 0.25) is 23.6 Å². The molecule has 1 spiro atoms. The third-order valence-electron chi connectivity index (χ3n) is 9.78. The topological polar surface area (TPSA) is 192 Å². The summed E-state index contributed by atoms with van der Waals surface area (Å²) in [4.78, 5) is 81.4. The van der Waals surface area contributed by atoms with Gasteiger partial charge in [0.15, 0.2) is 6.61 Å². The summed E-state index contributed by atoms with van der Waals surface area (Å²) in [7, 11) is 0. The summed E-state index contributed by atoms with van der Waals surface area (Å²) >= 11 is 0. The van der Waals surface area contributed by atoms with E-state index >= 15 is 0 Å². The normalized spacial score (nSPS) is 23.7. The van der Waals surface area contributed by atoms with Crippen LogP contribution in [0.25, 0.3) is 0 Å². The number of fused-ring (bicyclic) bond motifs is 3. The maximum absolute atomic E-state index is 13.4. The molecule has 2 bridgehead atoms. The Morgan fingerprint density at radius 1 is 1.04 bits per heavy atom. The molecule has 2 saturated heterocycles. The highest BCUT2D eigenvalue weighted by atomic mass is 16.5. The van der Waals surface area contributed by atoms with Gasteiger partial charge >= 0.3 is 0 Å². The molecule has 2 aromatic rings. The van der Waals surface area contributed by atoms with E-state index in [4.69, 9.17) is 4.74 Å². The first-order chi connectivity index (χ1) is 23.4. The number of hydrogen-bond donors (Lipinski definition) is 4. The lowest BCUT2D eigenvalue weighted by atomic mass is 9.73. The van der Waals surface area contributed by atoms with E-state index in [-0.39, 0.29) is 31.2 Å². The minimum atomic E-state index is -1.25. The summed E-state index contributed by atoms with van der Waals surface area (Å²) in [5, 5.41) is 22.6. The number of rotatable bonds is 3. The van der Waals surface area contributed by atoms with Crippen molar-refractivity contribution in [2.45, 2.75) is 77.5 Å². The Labute approximate surface area is 284 Å². The minimum Gasteiger partial charge on any atom is -0.484 e. The van der Waals surface area contributed by atoms with Crippen LogP contribution in [-0.2, 0) is 36.9 Å². The first-order valence-electron chi connectivity index (χ1n) is 16.7. The Hall–Kier alpha value is -4.79. The van der Waals surface area contributed by atoms with Crippen LogP contribution in [0.15, 0.2) is 35.1 Å². The standard InChI is InChI=1S/C34H45N7O8/c1-21-14-29(44)41(38-22(21)2)17-30(45)39-12-9-34(10-13-39)16-24-6-4-7-25(15-24)49-19-28(43)36-23(3)33(48)40-11-5-8-27(40)32(47)37-26(18-42)31(46)35-20-34/h4,6-7,14-15,23,26-27,42H,5,8-13,16-20H2,1-3H3,(H,35,46)(H,36,43)(H,37,47)/t23-,26-,27-/m0/s1. The molecule has 1 aromatic carbocycles. The fourth-order valence-corrected chi connectivity index (χ4v) is 6.74. The Morgan fingerprint density at radius 2 is 1.80 bits per heavy atom. The van der Waals surface area contributed by atoms with E-state index in [9.17, 15) is 33.9 Å². The third kappa shape index (κ3) is 8.45. The molecule has 4 heterocycles. The number of aryl methyl sites for hydroxylation is 2. The maximum Gasteiger partial charge on any atom is 0.267 e. The van der Waals surface area contributed by atoms with E-state index in [1.165, 1.54) is 15.6 Å². The average molecular weight is 680 g/mol. The van der Waals surface area contributed by atoms with Gasteiger partial charge in [-0.15, -0.1) is 0 Å². The molecule has 264 valence electrons. The van der Waals surface area contributed by atoms with Crippen LogP contribution in [-0.4, -0.2) is 112 Å². The van der Waals surface area contributed by atoms with Gasteiger partial charge in [0.05, 0.1) is 12.3 Å². The summed E-state index contributed by atoms with van der Waals surface area (Å²) in [6.07, 6.45) is 2.46. The van der Waals surface area contributed by atoms with Crippen LogP contribution < -0.4 is 26.2 Å². The van der Waals surface area contributed by atoms with Crippen LogP contribution >= 0.6 is 0 Å². The fourth-order valence-electron chi connectivity index (χ4n) is 6.74. The quantitative estimate of drug-likeness (QED) is 0.321. The van der Waals surface area contributed by atoms with Crippen molar-refractivity contribution in [1.29, 1.82) is 0 Å². The lowest BCUT2D eigenvalue weighted by Gasteiger charge is -2.42. The predicted octanol–water partition coefficient (Wildman–Crippen LogP) is -0.807. The SMILES string of the molecule is Cc1cc(=O)n(CC(=O)N2CCC3(CC2)CNC(=O)[C@H](CO)NC(=O)[C@@H]2CCCN2C(=O)[C@H](C)NC(=O)COc2cccc(c2)C3)nc1C. The summed E-state index contributed by atoms with van der Waals surface area (Å²) in [5.74, 6) is -1.84. The molecule has 3 atom stereocenters. The lowest BCUT2D eigenvalue weighted by Crippen LogP contribution is -2.57. The molecule has 3 aliphatic heterocycles. The Bertz CT molecular complexity index is 1650. The first kappa shape index (κ1) is 35.5. The van der Waals surface area contributed by atoms with Crippen molar-refractivity contribution in [2.75, 3.05) is 39.4 Å². The van der Waals surface area contributed by atoms with Crippen LogP contribution in [0.1, 0.15) is 49.4 Å². The highest BCUT2D eigenvalue weighted by Gasteiger charge is 2.40. The number of carbonyl (C=O) groups is 5. The summed E-state index contributed by atoms with van der Waals surface area (Å²) in [5.41, 5.74) is 1.44. The Kier molecular flexibility index (Phi) is 11.0. The number of likely N-dealkylation sites (tertiary alicyclic amines) is 1. The van der Waals surface area contributed by atoms with Gasteiger partial charge in [-0.25, -0.2) is 4.68 Å². The molecule has 5 amide bonds. The molecule has 2 fully saturated rings. The monoisotopic (exact) mass is 679 g/mol. The zero-order valence-electron chi connectivity index (χ0n) is 28.2. The van der Waals surface area contributed by atoms with E-state index < -0.39 is 53.8 Å². The summed E-state index contributed by atoms with van der Waals surface area (Å²) in [6.45, 7) is 5.21. The molecule has 0 aliphatic carbocycles. The van der Waals surface area contributed by atoms with E-state index in [0.29, 0.717) is 63.2 Å². The van der Waals surface area contributed by atoms with Gasteiger partial charge in [-0.3, -0.25) is 28.8 Å². The number of hydrogen-bond acceptors (Lipinski definition) is 9. The largest absolute Gasteiger partial charge is 0.484 e. The number of nitrogens with one attached hydrogen (secondary N) is 3. The smallest absolute Gasteiger partial charge is 0.267 e. The van der Waals surface area contributed by atoms with Crippen LogP contribution in [0.3, 0.4) is 0 Å². The molecule has 49 heavy (non-hydrogen) atoms. The molecule has 0 unspecified atom stereocenters. The van der Waals surface area contributed by atoms with Gasteiger partial charge in [-0.2, -0.15) is 5.10 Å². The summed E-state index contributed by atoms with van der Waals surface area (Å²) in [6, 6.07) is 5.72. The zero-order chi connectivity index (χ0) is 35.3. The number of amides is 5. The number of aromatic nitrogens is 2. The van der Waals surface area contributed by atoms with Crippen molar-refractivity contribution in [3.05, 3.63) is 57.5 Å². The molecular weight excluding hydrogens is 634 g/mol. The second-order valence-electron chi connectivity index (χ2n) is 13.3. The molecule has 15 heteroatoms. The summed E-state index contributed by atoms with van der Waals surface area (Å²) < 4.78 is 6.95. The molecule has 0 saturated carbocycles. The number of carbonyl (C=O) groups excluding carboxylic acids is 5. The second kappa shape index (κ2) is 15.2. The maximum atomic E-state index is 13.4. The minimum absolute atomic E-state index is 0.183. The first-order valence-corrected chi connectivity index (χ1v) is 16.7. The van der Waals surface area contributed by atoms with Crippen molar-refractivity contribution >= 4 is 29.5 Å². The Balaban J connectivity index is 1.36. The zero-order valence-corrected chi connectivity index (χ0v) is 28.2. The van der Waals surface area contributed by atoms with E-state index in [1.807, 2.05) is 12.1 Å². The van der Waals surface area contributed by atoms with Crippen molar-refractivity contribution < 1.29 is 33.8 Å². The number of aliphatic hydroxyl groups is 1. The van der Waals surface area contributed by atoms with Crippen molar-refractivity contribution in [2.24, 2.45) is 5.41 Å². The van der Waals surface area contributed by atoms with Gasteiger partial charge < -0.3 is 35.6 Å². The predicted molar refractivity (Wildman–Crippen MR) is 176 cm³/mol. The number of benzene rings is 1. The van der Waals surface area contributed by atoms with Crippen LogP contribution in [0.5, 0.6) is 5.75 Å². The van der Waals surface area contributed by atoms with E-state index in [2.05, 4.69) is 21.0 Å². The molecule has 1 aromatic heterocycles. The van der Waals surface area contributed by atoms with E-state index in [0.717, 1.165) is 11.1 Å². The average Bonchev–Trinajstić information content (AvgIpc) is 3.57. The molecule has 3 aliphatic rings. The van der Waals surface area contributed by atoms with Gasteiger partial charge in [0.25, 0.3) is 11.5 Å². The number of aliphatic hydroxyl groups excluding tert-OH is 1. The molecular formula is C34H45N7O8. The van der Waals surface area contributed by atoms with Crippen molar-refractivity contribution in [3.8, 4) is 5.75 Å². The van der Waals surface area contributed by atoms with Gasteiger partial charge in [-0.05, 0) is 81.5 Å². The third-order valence-corrected chi connectivity index (χ3v) is 9.78. The molecule has 4 N–H and O–H groups in total. The van der Waals surface area contributed by atoms with E-state index in [1.54, 1.807) is 37.8 Å². The fraction of sp³-hybridized carbons (Fsp3) is 0.559.